The third kappa shape index (κ3) is 5.21. The fourth-order valence-electron chi connectivity index (χ4n) is 3.09. The summed E-state index contributed by atoms with van der Waals surface area (Å²) < 4.78 is 1.91. The molecule has 1 saturated heterocycles. The molecule has 0 radical (unpaired) electrons. The summed E-state index contributed by atoms with van der Waals surface area (Å²) in [6.45, 7) is 3.85. The second kappa shape index (κ2) is 9.38. The van der Waals surface area contributed by atoms with Crippen LogP contribution in [0.3, 0.4) is 0 Å². The summed E-state index contributed by atoms with van der Waals surface area (Å²) in [6, 6.07) is 6.96. The molecule has 1 aliphatic heterocycles. The molecule has 2 heterocycles. The first kappa shape index (κ1) is 20.7. The molecule has 1 aliphatic rings. The molecular weight excluding hydrogens is 368 g/mol. The van der Waals surface area contributed by atoms with Gasteiger partial charge in [-0.05, 0) is 24.6 Å². The summed E-state index contributed by atoms with van der Waals surface area (Å²) in [5.74, 6) is 0.702. The number of amides is 3. The molecule has 2 aromatic rings. The first-order chi connectivity index (χ1) is 12.5. The van der Waals surface area contributed by atoms with Gasteiger partial charge in [0.1, 0.15) is 11.9 Å². The average molecular weight is 393 g/mol. The average Bonchev–Trinajstić information content (AvgIpc) is 3.05. The van der Waals surface area contributed by atoms with E-state index >= 15 is 0 Å². The molecule has 3 N–H and O–H groups in total. The molecule has 1 atom stereocenters. The lowest BCUT2D eigenvalue weighted by Gasteiger charge is -2.35. The van der Waals surface area contributed by atoms with Gasteiger partial charge in [0.25, 0.3) is 0 Å². The molecule has 0 saturated carbocycles. The predicted octanol–water partition coefficient (Wildman–Crippen LogP) is 1.44. The Hall–Kier alpha value is -2.58. The lowest BCUT2D eigenvalue weighted by Crippen LogP contribution is -2.52. The highest BCUT2D eigenvalue weighted by atomic mass is 35.5. The number of benzene rings is 1. The summed E-state index contributed by atoms with van der Waals surface area (Å²) >= 11 is 0. The summed E-state index contributed by atoms with van der Waals surface area (Å²) in [7, 11) is 1.91. The van der Waals surface area contributed by atoms with E-state index in [9.17, 15) is 9.59 Å². The Labute approximate surface area is 164 Å². The number of carbonyl (C=O) groups is 2. The lowest BCUT2D eigenvalue weighted by molar-refractivity contribution is -0.133. The molecule has 3 rings (SSSR count). The molecule has 1 aromatic carbocycles. The van der Waals surface area contributed by atoms with Crippen LogP contribution < -0.4 is 16.0 Å². The van der Waals surface area contributed by atoms with Crippen LogP contribution in [0.1, 0.15) is 17.4 Å². The van der Waals surface area contributed by atoms with E-state index in [0.717, 1.165) is 17.9 Å². The normalized spacial score (nSPS) is 16.4. The van der Waals surface area contributed by atoms with Gasteiger partial charge in [-0.25, -0.2) is 9.78 Å². The molecule has 8 nitrogen and oxygen atoms in total. The minimum absolute atomic E-state index is 0. The maximum atomic E-state index is 12.6. The van der Waals surface area contributed by atoms with Gasteiger partial charge in [0.15, 0.2) is 0 Å². The van der Waals surface area contributed by atoms with E-state index in [1.807, 2.05) is 49.0 Å². The quantitative estimate of drug-likeness (QED) is 0.734. The molecule has 1 unspecified atom stereocenters. The van der Waals surface area contributed by atoms with E-state index in [1.54, 1.807) is 11.1 Å². The Morgan fingerprint density at radius 3 is 2.89 bits per heavy atom. The topological polar surface area (TPSA) is 91.3 Å². The smallest absolute Gasteiger partial charge is 0.319 e. The number of nitrogens with zero attached hydrogens (tertiary/aromatic N) is 3. The highest BCUT2D eigenvalue weighted by molar-refractivity contribution is 5.92. The maximum Gasteiger partial charge on any atom is 0.319 e. The number of hydrogen-bond acceptors (Lipinski definition) is 4. The van der Waals surface area contributed by atoms with Crippen LogP contribution in [0.25, 0.3) is 0 Å². The van der Waals surface area contributed by atoms with Crippen LogP contribution in [0.4, 0.5) is 10.5 Å². The number of halogens is 1. The van der Waals surface area contributed by atoms with Crippen LogP contribution in [0, 0.1) is 6.92 Å². The highest BCUT2D eigenvalue weighted by Gasteiger charge is 2.30. The largest absolute Gasteiger partial charge is 0.336 e. The van der Waals surface area contributed by atoms with Crippen LogP contribution in [0.5, 0.6) is 0 Å². The number of piperazine rings is 1. The molecule has 0 aliphatic carbocycles. The van der Waals surface area contributed by atoms with Gasteiger partial charge in [-0.15, -0.1) is 12.4 Å². The molecule has 0 spiro atoms. The summed E-state index contributed by atoms with van der Waals surface area (Å²) in [5.41, 5.74) is 1.75. The van der Waals surface area contributed by atoms with Gasteiger partial charge in [-0.3, -0.25) is 4.79 Å². The lowest BCUT2D eigenvalue weighted by atomic mass is 10.1. The maximum absolute atomic E-state index is 12.6. The van der Waals surface area contributed by atoms with Gasteiger partial charge < -0.3 is 25.4 Å². The van der Waals surface area contributed by atoms with E-state index < -0.39 is 6.03 Å². The predicted molar refractivity (Wildman–Crippen MR) is 106 cm³/mol. The van der Waals surface area contributed by atoms with Crippen LogP contribution >= 0.6 is 12.4 Å². The van der Waals surface area contributed by atoms with Crippen molar-refractivity contribution in [2.24, 2.45) is 7.05 Å². The number of imidazole rings is 1. The Morgan fingerprint density at radius 1 is 1.37 bits per heavy atom. The van der Waals surface area contributed by atoms with Crippen LogP contribution in [-0.4, -0.2) is 52.6 Å². The Balaban J connectivity index is 0.00000261. The minimum atomic E-state index is -0.396. The van der Waals surface area contributed by atoms with Crippen molar-refractivity contribution in [3.05, 3.63) is 48.0 Å². The molecule has 3 amide bonds. The van der Waals surface area contributed by atoms with Gasteiger partial charge in [-0.1, -0.05) is 12.1 Å². The number of hydrogen-bond donors (Lipinski definition) is 3. The van der Waals surface area contributed by atoms with E-state index in [1.165, 1.54) is 0 Å². The van der Waals surface area contributed by atoms with Crippen molar-refractivity contribution in [3.8, 4) is 0 Å². The van der Waals surface area contributed by atoms with Crippen LogP contribution in [0.2, 0.25) is 0 Å². The van der Waals surface area contributed by atoms with Gasteiger partial charge in [-0.2, -0.15) is 0 Å². The van der Waals surface area contributed by atoms with E-state index in [2.05, 4.69) is 20.9 Å². The van der Waals surface area contributed by atoms with E-state index in [-0.39, 0.29) is 30.9 Å². The zero-order valence-electron chi connectivity index (χ0n) is 15.4. The zero-order valence-corrected chi connectivity index (χ0v) is 16.3. The minimum Gasteiger partial charge on any atom is -0.336 e. The van der Waals surface area contributed by atoms with Crippen molar-refractivity contribution in [2.75, 3.05) is 31.5 Å². The number of urea groups is 1. The number of rotatable bonds is 4. The number of aryl methyl sites for hydroxylation is 2. The highest BCUT2D eigenvalue weighted by Crippen LogP contribution is 2.20. The number of anilines is 1. The molecule has 0 bridgehead atoms. The van der Waals surface area contributed by atoms with Crippen molar-refractivity contribution in [1.82, 2.24) is 25.1 Å². The standard InChI is InChI=1S/C18H24N6O2.ClH/c1-13-4-3-5-14(10-13)22-18(26)21-12-16(25)24-9-6-19-11-15(24)17-20-7-8-23(17)2;/h3-5,7-8,10,15,19H,6,9,11-12H2,1-2H3,(H2,21,22,26);1H. The second-order valence-corrected chi connectivity index (χ2v) is 6.38. The van der Waals surface area contributed by atoms with Crippen LogP contribution in [-0.2, 0) is 11.8 Å². The van der Waals surface area contributed by atoms with Crippen LogP contribution in [0.15, 0.2) is 36.7 Å². The fraction of sp³-hybridized carbons (Fsp3) is 0.389. The van der Waals surface area contributed by atoms with E-state index in [0.29, 0.717) is 18.8 Å². The Kier molecular flexibility index (Phi) is 7.20. The molecule has 146 valence electrons. The Morgan fingerprint density at radius 2 is 2.19 bits per heavy atom. The van der Waals surface area contributed by atoms with Gasteiger partial charge in [0, 0.05) is 44.8 Å². The van der Waals surface area contributed by atoms with Gasteiger partial charge in [0.2, 0.25) is 5.91 Å². The monoisotopic (exact) mass is 392 g/mol. The number of aromatic nitrogens is 2. The first-order valence-corrected chi connectivity index (χ1v) is 8.63. The van der Waals surface area contributed by atoms with Crippen molar-refractivity contribution in [2.45, 2.75) is 13.0 Å². The van der Waals surface area contributed by atoms with Crippen molar-refractivity contribution in [3.63, 3.8) is 0 Å². The SMILES string of the molecule is Cc1cccc(NC(=O)NCC(=O)N2CCNCC2c2nccn2C)c1.Cl. The first-order valence-electron chi connectivity index (χ1n) is 8.63. The van der Waals surface area contributed by atoms with Gasteiger partial charge >= 0.3 is 6.03 Å². The molecule has 1 aromatic heterocycles. The van der Waals surface area contributed by atoms with Gasteiger partial charge in [0.05, 0.1) is 6.54 Å². The second-order valence-electron chi connectivity index (χ2n) is 6.38. The Bertz CT molecular complexity index is 794. The molecule has 1 fully saturated rings. The third-order valence-corrected chi connectivity index (χ3v) is 4.40. The summed E-state index contributed by atoms with van der Waals surface area (Å²) in [5, 5.41) is 8.67. The molecular formula is C18H25ClN6O2. The number of carbonyl (C=O) groups excluding carboxylic acids is 2. The summed E-state index contributed by atoms with van der Waals surface area (Å²) in [6.07, 6.45) is 3.58. The van der Waals surface area contributed by atoms with Crippen molar-refractivity contribution >= 4 is 30.0 Å². The molecule has 9 heteroatoms. The van der Waals surface area contributed by atoms with Crippen molar-refractivity contribution in [1.29, 1.82) is 0 Å². The van der Waals surface area contributed by atoms with E-state index in [4.69, 9.17) is 0 Å². The zero-order chi connectivity index (χ0) is 18.5. The number of nitrogens with one attached hydrogen (secondary N) is 3. The fourth-order valence-corrected chi connectivity index (χ4v) is 3.09. The molecule has 27 heavy (non-hydrogen) atoms. The van der Waals surface area contributed by atoms with Crippen molar-refractivity contribution < 1.29 is 9.59 Å². The third-order valence-electron chi connectivity index (χ3n) is 4.40. The summed E-state index contributed by atoms with van der Waals surface area (Å²) in [4.78, 5) is 30.8.